The van der Waals surface area contributed by atoms with Crippen molar-refractivity contribution in [1.82, 2.24) is 15.2 Å². The summed E-state index contributed by atoms with van der Waals surface area (Å²) in [7, 11) is 0. The van der Waals surface area contributed by atoms with E-state index in [2.05, 4.69) is 34.6 Å². The lowest BCUT2D eigenvalue weighted by Gasteiger charge is -2.16. The number of benzene rings is 2. The monoisotopic (exact) mass is 479 g/mol. The van der Waals surface area contributed by atoms with Crippen LogP contribution in [0.4, 0.5) is 4.79 Å². The molecule has 0 saturated carbocycles. The Morgan fingerprint density at radius 1 is 1.09 bits per heavy atom. The number of aliphatic carboxylic acids is 1. The second-order valence-electron chi connectivity index (χ2n) is 7.84. The van der Waals surface area contributed by atoms with Crippen LogP contribution in [0.15, 0.2) is 53.9 Å². The molecule has 8 nitrogen and oxygen atoms in total. The Morgan fingerprint density at radius 3 is 2.35 bits per heavy atom. The number of hydrogen-bond acceptors (Lipinski definition) is 6. The Hall–Kier alpha value is -3.72. The van der Waals surface area contributed by atoms with Gasteiger partial charge in [-0.1, -0.05) is 48.5 Å². The highest BCUT2D eigenvalue weighted by atomic mass is 32.1. The number of nitrogens with zero attached hydrogens (tertiary/aromatic N) is 2. The van der Waals surface area contributed by atoms with Crippen molar-refractivity contribution in [2.45, 2.75) is 19.3 Å². The van der Waals surface area contributed by atoms with Crippen LogP contribution in [0, 0.1) is 0 Å². The first-order valence-electron chi connectivity index (χ1n) is 11.0. The first-order valence-corrected chi connectivity index (χ1v) is 11.9. The summed E-state index contributed by atoms with van der Waals surface area (Å²) in [5.41, 5.74) is 4.86. The molecule has 0 spiro atoms. The van der Waals surface area contributed by atoms with Crippen LogP contribution in [-0.4, -0.2) is 59.2 Å². The zero-order chi connectivity index (χ0) is 24.1. The molecule has 3 aromatic rings. The summed E-state index contributed by atoms with van der Waals surface area (Å²) in [5.74, 6) is -1.49. The van der Waals surface area contributed by atoms with Crippen LogP contribution in [0.25, 0.3) is 11.1 Å². The Balaban J connectivity index is 1.27. The van der Waals surface area contributed by atoms with Gasteiger partial charge in [-0.25, -0.2) is 9.78 Å². The lowest BCUT2D eigenvalue weighted by molar-refractivity contribution is -0.137. The summed E-state index contributed by atoms with van der Waals surface area (Å²) >= 11 is 1.30. The molecule has 0 bridgehead atoms. The summed E-state index contributed by atoms with van der Waals surface area (Å²) in [6.45, 7) is 2.18. The fourth-order valence-electron chi connectivity index (χ4n) is 4.10. The number of nitrogens with one attached hydrogen (secondary N) is 1. The number of amides is 2. The number of carbonyl (C=O) groups excluding carboxylic acids is 2. The number of carboxylic acid groups (broad SMARTS) is 1. The maximum absolute atomic E-state index is 12.4. The highest BCUT2D eigenvalue weighted by Crippen LogP contribution is 2.44. The zero-order valence-corrected chi connectivity index (χ0v) is 19.5. The first-order chi connectivity index (χ1) is 16.5. The molecule has 2 amide bonds. The third-order valence-corrected chi connectivity index (χ3v) is 6.63. The van der Waals surface area contributed by atoms with Gasteiger partial charge in [0.15, 0.2) is 0 Å². The molecule has 4 rings (SSSR count). The minimum absolute atomic E-state index is 0.00185. The molecule has 0 unspecified atom stereocenters. The number of alkyl carbamates (subject to hydrolysis) is 1. The maximum atomic E-state index is 12.4. The predicted octanol–water partition coefficient (Wildman–Crippen LogP) is 3.77. The lowest BCUT2D eigenvalue weighted by atomic mass is 9.98. The van der Waals surface area contributed by atoms with Crippen molar-refractivity contribution in [3.05, 3.63) is 75.7 Å². The summed E-state index contributed by atoms with van der Waals surface area (Å²) in [4.78, 5) is 41.1. The molecule has 1 aliphatic carbocycles. The second kappa shape index (κ2) is 10.5. The van der Waals surface area contributed by atoms with E-state index in [0.29, 0.717) is 18.0 Å². The number of likely N-dealkylation sites (N-methyl/N-ethyl adjacent to an activating group) is 1. The number of fused-ring (bicyclic) bond motifs is 3. The van der Waals surface area contributed by atoms with E-state index in [1.54, 1.807) is 12.3 Å². The Morgan fingerprint density at radius 2 is 1.74 bits per heavy atom. The minimum Gasteiger partial charge on any atom is -0.480 e. The van der Waals surface area contributed by atoms with Crippen LogP contribution in [0.2, 0.25) is 0 Å². The molecule has 0 radical (unpaired) electrons. The van der Waals surface area contributed by atoms with Gasteiger partial charge in [0.05, 0.1) is 5.01 Å². The van der Waals surface area contributed by atoms with Crippen LogP contribution in [0.3, 0.4) is 0 Å². The molecular weight excluding hydrogens is 454 g/mol. The standard InChI is InChI=1S/C25H25N3O5S/c1-2-28(13-23(29)30)24(31)21-15-34-22(27-21)11-12-26-25(32)33-14-20-18-9-5-3-7-16(18)17-8-4-6-10-19(17)20/h3-10,15,20H,2,11-14H2,1H3,(H,26,32)(H,29,30). The fraction of sp³-hybridized carbons (Fsp3) is 0.280. The van der Waals surface area contributed by atoms with Crippen LogP contribution in [-0.2, 0) is 16.0 Å². The molecule has 2 aromatic carbocycles. The van der Waals surface area contributed by atoms with Crippen molar-refractivity contribution < 1.29 is 24.2 Å². The van der Waals surface area contributed by atoms with Crippen molar-refractivity contribution in [3.63, 3.8) is 0 Å². The average molecular weight is 480 g/mol. The molecule has 1 heterocycles. The Kier molecular flexibility index (Phi) is 7.22. The van der Waals surface area contributed by atoms with Gasteiger partial charge >= 0.3 is 12.1 Å². The number of carboxylic acids is 1. The van der Waals surface area contributed by atoms with E-state index in [-0.39, 0.29) is 31.3 Å². The molecule has 9 heteroatoms. The number of rotatable bonds is 9. The number of carbonyl (C=O) groups is 3. The topological polar surface area (TPSA) is 109 Å². The van der Waals surface area contributed by atoms with E-state index in [1.807, 2.05) is 24.3 Å². The Labute approximate surface area is 201 Å². The van der Waals surface area contributed by atoms with Crippen molar-refractivity contribution in [3.8, 4) is 11.1 Å². The molecule has 176 valence electrons. The molecule has 0 saturated heterocycles. The predicted molar refractivity (Wildman–Crippen MR) is 128 cm³/mol. The van der Waals surface area contributed by atoms with Crippen molar-refractivity contribution in [2.75, 3.05) is 26.2 Å². The van der Waals surface area contributed by atoms with Gasteiger partial charge in [0.2, 0.25) is 0 Å². The maximum Gasteiger partial charge on any atom is 0.407 e. The number of hydrogen-bond donors (Lipinski definition) is 2. The van der Waals surface area contributed by atoms with Gasteiger partial charge in [-0.2, -0.15) is 0 Å². The molecule has 1 aromatic heterocycles. The Bertz CT molecular complexity index is 1160. The van der Waals surface area contributed by atoms with Crippen molar-refractivity contribution in [1.29, 1.82) is 0 Å². The summed E-state index contributed by atoms with van der Waals surface area (Å²) in [6.07, 6.45) is -0.0685. The normalized spacial score (nSPS) is 12.0. The van der Waals surface area contributed by atoms with Gasteiger partial charge in [-0.05, 0) is 29.2 Å². The molecule has 34 heavy (non-hydrogen) atoms. The van der Waals surface area contributed by atoms with E-state index >= 15 is 0 Å². The molecule has 0 atom stereocenters. The summed E-state index contributed by atoms with van der Waals surface area (Å²) in [5, 5.41) is 13.9. The van der Waals surface area contributed by atoms with Crippen molar-refractivity contribution >= 4 is 29.3 Å². The second-order valence-corrected chi connectivity index (χ2v) is 8.78. The van der Waals surface area contributed by atoms with E-state index < -0.39 is 18.0 Å². The fourth-order valence-corrected chi connectivity index (χ4v) is 4.87. The van der Waals surface area contributed by atoms with Gasteiger partial charge in [0.25, 0.3) is 5.91 Å². The van der Waals surface area contributed by atoms with Crippen molar-refractivity contribution in [2.24, 2.45) is 0 Å². The van der Waals surface area contributed by atoms with Gasteiger partial charge in [0.1, 0.15) is 18.8 Å². The van der Waals surface area contributed by atoms with E-state index in [9.17, 15) is 14.4 Å². The quantitative estimate of drug-likeness (QED) is 0.484. The van der Waals surface area contributed by atoms with E-state index in [1.165, 1.54) is 27.4 Å². The van der Waals surface area contributed by atoms with E-state index in [0.717, 1.165) is 11.1 Å². The van der Waals surface area contributed by atoms with E-state index in [4.69, 9.17) is 9.84 Å². The SMILES string of the molecule is CCN(CC(=O)O)C(=O)c1csc(CCNC(=O)OCC2c3ccccc3-c3ccccc32)n1. The highest BCUT2D eigenvalue weighted by Gasteiger charge is 2.29. The highest BCUT2D eigenvalue weighted by molar-refractivity contribution is 7.09. The smallest absolute Gasteiger partial charge is 0.407 e. The van der Waals surface area contributed by atoms with Gasteiger partial charge < -0.3 is 20.1 Å². The number of ether oxygens (including phenoxy) is 1. The van der Waals surface area contributed by atoms with Crippen LogP contribution in [0.1, 0.15) is 39.5 Å². The average Bonchev–Trinajstić information content (AvgIpc) is 3.43. The number of thiazole rings is 1. The molecule has 2 N–H and O–H groups in total. The third kappa shape index (κ3) is 5.09. The van der Waals surface area contributed by atoms with Crippen LogP contribution < -0.4 is 5.32 Å². The van der Waals surface area contributed by atoms with Gasteiger partial charge in [0, 0.05) is 30.8 Å². The number of aromatic nitrogens is 1. The molecule has 0 aliphatic heterocycles. The minimum atomic E-state index is -1.07. The molecular formula is C25H25N3O5S. The lowest BCUT2D eigenvalue weighted by Crippen LogP contribution is -2.35. The van der Waals surface area contributed by atoms with Crippen LogP contribution in [0.5, 0.6) is 0 Å². The summed E-state index contributed by atoms with van der Waals surface area (Å²) < 4.78 is 5.52. The summed E-state index contributed by atoms with van der Waals surface area (Å²) in [6, 6.07) is 16.3. The molecule has 1 aliphatic rings. The third-order valence-electron chi connectivity index (χ3n) is 5.72. The first kappa shape index (κ1) is 23.4. The molecule has 0 fully saturated rings. The zero-order valence-electron chi connectivity index (χ0n) is 18.7. The largest absolute Gasteiger partial charge is 0.480 e. The van der Waals surface area contributed by atoms with Crippen LogP contribution >= 0.6 is 11.3 Å². The van der Waals surface area contributed by atoms with Gasteiger partial charge in [-0.15, -0.1) is 11.3 Å². The van der Waals surface area contributed by atoms with Gasteiger partial charge in [-0.3, -0.25) is 9.59 Å².